The summed E-state index contributed by atoms with van der Waals surface area (Å²) in [6.07, 6.45) is 5.33. The first kappa shape index (κ1) is 17.9. The minimum Gasteiger partial charge on any atom is -0.465 e. The van der Waals surface area contributed by atoms with Crippen LogP contribution in [0, 0.1) is 0 Å². The summed E-state index contributed by atoms with van der Waals surface area (Å²) in [7, 11) is 1.42. The first-order chi connectivity index (χ1) is 14.2. The van der Waals surface area contributed by atoms with E-state index in [4.69, 9.17) is 4.74 Å². The fourth-order valence-electron chi connectivity index (χ4n) is 5.10. The summed E-state index contributed by atoms with van der Waals surface area (Å²) >= 11 is 0. The molecule has 1 amide bonds. The predicted molar refractivity (Wildman–Crippen MR) is 109 cm³/mol. The third-order valence-electron chi connectivity index (χ3n) is 6.39. The van der Waals surface area contributed by atoms with E-state index >= 15 is 0 Å². The molecule has 148 valence electrons. The van der Waals surface area contributed by atoms with Gasteiger partial charge in [0.15, 0.2) is 0 Å². The van der Waals surface area contributed by atoms with Crippen molar-refractivity contribution < 1.29 is 14.3 Å². The molecule has 5 rings (SSSR count). The molecule has 6 nitrogen and oxygen atoms in total. The quantitative estimate of drug-likeness (QED) is 0.679. The molecule has 1 fully saturated rings. The second kappa shape index (κ2) is 7.03. The Morgan fingerprint density at radius 1 is 1.21 bits per heavy atom. The molecule has 0 spiro atoms. The number of esters is 1. The number of carbonyl (C=O) groups is 2. The molecular formula is C23H23N3O3. The molecule has 2 unspecified atom stereocenters. The van der Waals surface area contributed by atoms with E-state index in [9.17, 15) is 9.59 Å². The topological polar surface area (TPSA) is 75.3 Å². The van der Waals surface area contributed by atoms with Crippen LogP contribution in [0.15, 0.2) is 42.7 Å². The Balaban J connectivity index is 1.51. The minimum absolute atomic E-state index is 0.0511. The van der Waals surface area contributed by atoms with Crippen LogP contribution in [0.3, 0.4) is 0 Å². The fourth-order valence-corrected chi connectivity index (χ4v) is 5.10. The summed E-state index contributed by atoms with van der Waals surface area (Å²) < 4.78 is 5.03. The molecule has 1 saturated heterocycles. The van der Waals surface area contributed by atoms with Gasteiger partial charge in [0.2, 0.25) is 0 Å². The van der Waals surface area contributed by atoms with Crippen LogP contribution in [0.25, 0.3) is 11.0 Å². The van der Waals surface area contributed by atoms with Crippen molar-refractivity contribution in [3.63, 3.8) is 0 Å². The molecule has 0 radical (unpaired) electrons. The standard InChI is InChI=1S/C23H23N3O3/c1-29-23(28)17-5-2-4-14-8-10-20-16(21(14)17)6-3-11-26(20)22(27)15-7-9-18-19(12-15)25-13-24-18/h2,4-5,7,9,12-13,16,20H,3,6,8,10-11H2,1H3,(H,24,25). The molecular weight excluding hydrogens is 366 g/mol. The predicted octanol–water partition coefficient (Wildman–Crippen LogP) is 3.68. The molecule has 2 aliphatic rings. The average molecular weight is 389 g/mol. The van der Waals surface area contributed by atoms with E-state index < -0.39 is 0 Å². The normalized spacial score (nSPS) is 20.8. The van der Waals surface area contributed by atoms with E-state index in [2.05, 4.69) is 16.0 Å². The number of hydrogen-bond acceptors (Lipinski definition) is 4. The van der Waals surface area contributed by atoms with Crippen LogP contribution in [0.5, 0.6) is 0 Å². The van der Waals surface area contributed by atoms with Crippen LogP contribution in [0.2, 0.25) is 0 Å². The highest BCUT2D eigenvalue weighted by molar-refractivity contribution is 5.98. The number of rotatable bonds is 2. The van der Waals surface area contributed by atoms with Gasteiger partial charge >= 0.3 is 5.97 Å². The van der Waals surface area contributed by atoms with Gasteiger partial charge in [-0.3, -0.25) is 4.79 Å². The Kier molecular flexibility index (Phi) is 4.34. The van der Waals surface area contributed by atoms with Gasteiger partial charge in [-0.15, -0.1) is 0 Å². The lowest BCUT2D eigenvalue weighted by Crippen LogP contribution is -2.49. The van der Waals surface area contributed by atoms with E-state index in [1.54, 1.807) is 6.33 Å². The molecule has 1 aliphatic carbocycles. The number of methoxy groups -OCH3 is 1. The minimum atomic E-state index is -0.296. The zero-order valence-corrected chi connectivity index (χ0v) is 16.4. The third-order valence-corrected chi connectivity index (χ3v) is 6.39. The summed E-state index contributed by atoms with van der Waals surface area (Å²) in [5.41, 5.74) is 5.33. The molecule has 0 bridgehead atoms. The van der Waals surface area contributed by atoms with Gasteiger partial charge in [-0.2, -0.15) is 0 Å². The lowest BCUT2D eigenvalue weighted by atomic mass is 9.72. The van der Waals surface area contributed by atoms with Gasteiger partial charge in [-0.05, 0) is 61.1 Å². The maximum atomic E-state index is 13.4. The lowest BCUT2D eigenvalue weighted by Gasteiger charge is -2.45. The van der Waals surface area contributed by atoms with Crippen molar-refractivity contribution in [2.24, 2.45) is 0 Å². The number of piperidine rings is 1. The van der Waals surface area contributed by atoms with Crippen molar-refractivity contribution >= 4 is 22.9 Å². The van der Waals surface area contributed by atoms with Gasteiger partial charge in [0, 0.05) is 24.1 Å². The number of amides is 1. The van der Waals surface area contributed by atoms with Crippen LogP contribution < -0.4 is 0 Å². The van der Waals surface area contributed by atoms with Gasteiger partial charge in [-0.1, -0.05) is 12.1 Å². The molecule has 1 aliphatic heterocycles. The van der Waals surface area contributed by atoms with Crippen molar-refractivity contribution in [3.8, 4) is 0 Å². The summed E-state index contributed by atoms with van der Waals surface area (Å²) in [4.78, 5) is 35.1. The summed E-state index contributed by atoms with van der Waals surface area (Å²) in [5.74, 6) is -0.0755. The van der Waals surface area contributed by atoms with Crippen molar-refractivity contribution in [3.05, 3.63) is 65.0 Å². The van der Waals surface area contributed by atoms with E-state index in [1.807, 2.05) is 35.2 Å². The monoisotopic (exact) mass is 389 g/mol. The molecule has 2 atom stereocenters. The third kappa shape index (κ3) is 2.90. The number of carbonyl (C=O) groups excluding carboxylic acids is 2. The fraction of sp³-hybridized carbons (Fsp3) is 0.348. The second-order valence-corrected chi connectivity index (χ2v) is 7.86. The summed E-state index contributed by atoms with van der Waals surface area (Å²) in [5, 5.41) is 0. The van der Waals surface area contributed by atoms with Crippen molar-refractivity contribution in [1.29, 1.82) is 0 Å². The zero-order chi connectivity index (χ0) is 20.0. The number of fused-ring (bicyclic) bond motifs is 4. The Morgan fingerprint density at radius 2 is 2.10 bits per heavy atom. The maximum absolute atomic E-state index is 13.4. The number of nitrogens with one attached hydrogen (secondary N) is 1. The van der Waals surface area contributed by atoms with Gasteiger partial charge in [-0.25, -0.2) is 9.78 Å². The van der Waals surface area contributed by atoms with Crippen LogP contribution in [-0.4, -0.2) is 46.4 Å². The smallest absolute Gasteiger partial charge is 0.338 e. The van der Waals surface area contributed by atoms with E-state index in [0.717, 1.165) is 48.8 Å². The molecule has 29 heavy (non-hydrogen) atoms. The van der Waals surface area contributed by atoms with E-state index in [-0.39, 0.29) is 23.8 Å². The van der Waals surface area contributed by atoms with Gasteiger partial charge < -0.3 is 14.6 Å². The molecule has 1 aromatic heterocycles. The summed E-state index contributed by atoms with van der Waals surface area (Å²) in [6.45, 7) is 0.747. The maximum Gasteiger partial charge on any atom is 0.338 e. The number of imidazole rings is 1. The first-order valence-corrected chi connectivity index (χ1v) is 10.1. The number of aryl methyl sites for hydroxylation is 1. The Morgan fingerprint density at radius 3 is 2.97 bits per heavy atom. The van der Waals surface area contributed by atoms with Crippen LogP contribution >= 0.6 is 0 Å². The van der Waals surface area contributed by atoms with Crippen LogP contribution in [0.1, 0.15) is 57.0 Å². The number of ether oxygens (including phenoxy) is 1. The number of hydrogen-bond donors (Lipinski definition) is 1. The van der Waals surface area contributed by atoms with Crippen molar-refractivity contribution in [1.82, 2.24) is 14.9 Å². The molecule has 3 aromatic rings. The van der Waals surface area contributed by atoms with Crippen molar-refractivity contribution in [2.75, 3.05) is 13.7 Å². The number of nitrogens with zero attached hydrogens (tertiary/aromatic N) is 2. The molecule has 2 heterocycles. The Bertz CT molecular complexity index is 1100. The number of aromatic nitrogens is 2. The van der Waals surface area contributed by atoms with E-state index in [1.165, 1.54) is 12.7 Å². The second-order valence-electron chi connectivity index (χ2n) is 7.86. The SMILES string of the molecule is COC(=O)c1cccc2c1C1CCCN(C(=O)c3ccc4nc[nH]c4c3)C1CC2. The first-order valence-electron chi connectivity index (χ1n) is 10.1. The highest BCUT2D eigenvalue weighted by atomic mass is 16.5. The highest BCUT2D eigenvalue weighted by Crippen LogP contribution is 2.43. The largest absolute Gasteiger partial charge is 0.465 e. The number of aromatic amines is 1. The molecule has 1 N–H and O–H groups in total. The van der Waals surface area contributed by atoms with Gasteiger partial charge in [0.05, 0.1) is 30.0 Å². The Labute approximate surface area is 168 Å². The van der Waals surface area contributed by atoms with Crippen LogP contribution in [0.4, 0.5) is 0 Å². The number of benzene rings is 2. The van der Waals surface area contributed by atoms with Gasteiger partial charge in [0.1, 0.15) is 0 Å². The van der Waals surface area contributed by atoms with E-state index in [0.29, 0.717) is 11.1 Å². The van der Waals surface area contributed by atoms with Crippen LogP contribution in [-0.2, 0) is 11.2 Å². The summed E-state index contributed by atoms with van der Waals surface area (Å²) in [6, 6.07) is 11.6. The highest BCUT2D eigenvalue weighted by Gasteiger charge is 2.40. The number of likely N-dealkylation sites (tertiary alicyclic amines) is 1. The lowest BCUT2D eigenvalue weighted by molar-refractivity contribution is 0.0539. The number of H-pyrrole nitrogens is 1. The zero-order valence-electron chi connectivity index (χ0n) is 16.4. The molecule has 0 saturated carbocycles. The Hall–Kier alpha value is -3.15. The molecule has 6 heteroatoms. The van der Waals surface area contributed by atoms with Gasteiger partial charge in [0.25, 0.3) is 5.91 Å². The average Bonchev–Trinajstić information content (AvgIpc) is 3.25. The van der Waals surface area contributed by atoms with Crippen molar-refractivity contribution in [2.45, 2.75) is 37.6 Å². The molecule has 2 aromatic carbocycles.